The van der Waals surface area contributed by atoms with E-state index in [1.807, 2.05) is 0 Å². The fourth-order valence-electron chi connectivity index (χ4n) is 2.41. The number of hydrogen-bond acceptors (Lipinski definition) is 3. The van der Waals surface area contributed by atoms with Crippen LogP contribution in [0.5, 0.6) is 11.5 Å². The van der Waals surface area contributed by atoms with Gasteiger partial charge in [0.25, 0.3) is 0 Å². The molecule has 6 heteroatoms. The van der Waals surface area contributed by atoms with Gasteiger partial charge in [0, 0.05) is 18.4 Å². The molecule has 0 bridgehead atoms. The topological polar surface area (TPSA) is 61.6 Å². The third-order valence-electron chi connectivity index (χ3n) is 3.77. The molecule has 1 fully saturated rings. The predicted octanol–water partition coefficient (Wildman–Crippen LogP) is 3.15. The molecule has 22 heavy (non-hydrogen) atoms. The maximum atomic E-state index is 13.1. The van der Waals surface area contributed by atoms with Crippen molar-refractivity contribution in [3.8, 4) is 11.5 Å². The van der Waals surface area contributed by atoms with E-state index in [9.17, 15) is 13.6 Å². The van der Waals surface area contributed by atoms with Gasteiger partial charge < -0.3 is 15.2 Å². The van der Waals surface area contributed by atoms with E-state index in [1.54, 1.807) is 18.2 Å². The number of methoxy groups -OCH3 is 1. The minimum absolute atomic E-state index is 0.169. The Bertz CT molecular complexity index is 577. The molecular weight excluding hydrogens is 292 g/mol. The van der Waals surface area contributed by atoms with Crippen LogP contribution in [0.3, 0.4) is 0 Å². The minimum atomic E-state index is -2.59. The molecule has 0 aliphatic heterocycles. The van der Waals surface area contributed by atoms with Gasteiger partial charge in [0.1, 0.15) is 0 Å². The van der Waals surface area contributed by atoms with E-state index in [-0.39, 0.29) is 24.5 Å². The second-order valence-corrected chi connectivity index (χ2v) is 5.38. The van der Waals surface area contributed by atoms with Crippen molar-refractivity contribution in [1.82, 2.24) is 0 Å². The summed E-state index contributed by atoms with van der Waals surface area (Å²) in [5.74, 6) is -2.34. The number of ether oxygens (including phenoxy) is 2. The van der Waals surface area contributed by atoms with E-state index >= 15 is 0 Å². The van der Waals surface area contributed by atoms with Gasteiger partial charge in [-0.05, 0) is 30.5 Å². The van der Waals surface area contributed by atoms with E-state index in [0.29, 0.717) is 29.9 Å². The summed E-state index contributed by atoms with van der Waals surface area (Å²) in [6, 6.07) is 4.87. The number of hydrogen-bond donors (Lipinski definition) is 1. The Labute approximate surface area is 127 Å². The zero-order valence-corrected chi connectivity index (χ0v) is 12.4. The number of alkyl halides is 2. The molecule has 120 valence electrons. The summed E-state index contributed by atoms with van der Waals surface area (Å²) in [6.07, 6.45) is -0.0102. The number of rotatable bonds is 5. The summed E-state index contributed by atoms with van der Waals surface area (Å²) in [4.78, 5) is 11.1. The Morgan fingerprint density at radius 2 is 1.95 bits per heavy atom. The average molecular weight is 311 g/mol. The third kappa shape index (κ3) is 3.75. The minimum Gasteiger partial charge on any atom is -0.493 e. The lowest BCUT2D eigenvalue weighted by Gasteiger charge is -2.29. The van der Waals surface area contributed by atoms with Gasteiger partial charge in [-0.1, -0.05) is 12.6 Å². The van der Waals surface area contributed by atoms with Crippen LogP contribution in [-0.4, -0.2) is 25.0 Å². The number of amides is 1. The molecule has 4 nitrogen and oxygen atoms in total. The molecule has 1 aliphatic rings. The van der Waals surface area contributed by atoms with Crippen LogP contribution in [0, 0.1) is 0 Å². The quantitative estimate of drug-likeness (QED) is 0.850. The Kier molecular flexibility index (Phi) is 4.68. The van der Waals surface area contributed by atoms with Gasteiger partial charge in [0.2, 0.25) is 11.8 Å². The molecule has 2 rings (SSSR count). The highest BCUT2D eigenvalue weighted by Gasteiger charge is 2.36. The highest BCUT2D eigenvalue weighted by atomic mass is 19.3. The molecular formula is C16H19F2NO3. The second kappa shape index (κ2) is 6.34. The molecule has 0 saturated heterocycles. The van der Waals surface area contributed by atoms with Crippen LogP contribution in [0.15, 0.2) is 24.8 Å². The van der Waals surface area contributed by atoms with Crippen molar-refractivity contribution in [2.75, 3.05) is 7.11 Å². The van der Waals surface area contributed by atoms with Gasteiger partial charge >= 0.3 is 0 Å². The van der Waals surface area contributed by atoms with Gasteiger partial charge in [0.05, 0.1) is 13.2 Å². The Morgan fingerprint density at radius 3 is 2.50 bits per heavy atom. The number of benzene rings is 1. The molecule has 2 N–H and O–H groups in total. The Hall–Kier alpha value is -2.11. The van der Waals surface area contributed by atoms with Gasteiger partial charge in [-0.25, -0.2) is 8.78 Å². The lowest BCUT2D eigenvalue weighted by molar-refractivity contribution is -0.112. The van der Waals surface area contributed by atoms with Crippen LogP contribution < -0.4 is 15.2 Å². The maximum absolute atomic E-state index is 13.1. The molecule has 1 aromatic carbocycles. The van der Waals surface area contributed by atoms with Gasteiger partial charge in [-0.3, -0.25) is 4.79 Å². The van der Waals surface area contributed by atoms with Crippen LogP contribution in [0.2, 0.25) is 0 Å². The summed E-state index contributed by atoms with van der Waals surface area (Å²) in [7, 11) is 1.47. The normalized spacial score (nSPS) is 17.8. The van der Waals surface area contributed by atoms with Crippen molar-refractivity contribution in [2.24, 2.45) is 5.73 Å². The highest BCUT2D eigenvalue weighted by molar-refractivity contribution is 6.17. The van der Waals surface area contributed by atoms with Crippen molar-refractivity contribution in [3.63, 3.8) is 0 Å². The molecule has 1 aromatic rings. The summed E-state index contributed by atoms with van der Waals surface area (Å²) < 4.78 is 37.3. The summed E-state index contributed by atoms with van der Waals surface area (Å²) >= 11 is 0. The van der Waals surface area contributed by atoms with Gasteiger partial charge in [-0.15, -0.1) is 0 Å². The van der Waals surface area contributed by atoms with Crippen molar-refractivity contribution < 1.29 is 23.0 Å². The molecule has 1 aliphatic carbocycles. The average Bonchev–Trinajstić information content (AvgIpc) is 2.48. The molecule has 1 amide bonds. The molecule has 0 spiro atoms. The molecule has 0 atom stereocenters. The largest absolute Gasteiger partial charge is 0.493 e. The van der Waals surface area contributed by atoms with Crippen LogP contribution in [0.1, 0.15) is 31.2 Å². The van der Waals surface area contributed by atoms with E-state index in [2.05, 4.69) is 6.58 Å². The smallest absolute Gasteiger partial charge is 0.248 e. The number of primary amides is 1. The predicted molar refractivity (Wildman–Crippen MR) is 79.1 cm³/mol. The van der Waals surface area contributed by atoms with Crippen molar-refractivity contribution >= 4 is 11.5 Å². The first kappa shape index (κ1) is 16.3. The SMILES string of the molecule is C=C(C(N)=O)c1ccc(OC2CCC(F)(F)CC2)c(OC)c1. The molecule has 0 unspecified atom stereocenters. The number of carbonyl (C=O) groups excluding carboxylic acids is 1. The van der Waals surface area contributed by atoms with Crippen LogP contribution in [-0.2, 0) is 4.79 Å². The summed E-state index contributed by atoms with van der Waals surface area (Å²) in [5, 5.41) is 0. The van der Waals surface area contributed by atoms with E-state index in [4.69, 9.17) is 15.2 Å². The number of nitrogens with two attached hydrogens (primary N) is 1. The van der Waals surface area contributed by atoms with Crippen molar-refractivity contribution in [2.45, 2.75) is 37.7 Å². The van der Waals surface area contributed by atoms with Gasteiger partial charge in [-0.2, -0.15) is 0 Å². The lowest BCUT2D eigenvalue weighted by Crippen LogP contribution is -2.30. The zero-order chi connectivity index (χ0) is 16.3. The highest BCUT2D eigenvalue weighted by Crippen LogP contribution is 2.37. The van der Waals surface area contributed by atoms with Crippen molar-refractivity contribution in [1.29, 1.82) is 0 Å². The van der Waals surface area contributed by atoms with Gasteiger partial charge in [0.15, 0.2) is 11.5 Å². The summed E-state index contributed by atoms with van der Waals surface area (Å²) in [5.41, 5.74) is 5.89. The maximum Gasteiger partial charge on any atom is 0.248 e. The fraction of sp³-hybridized carbons (Fsp3) is 0.438. The molecule has 0 heterocycles. The standard InChI is InChI=1S/C16H19F2NO3/c1-10(15(19)20)11-3-4-13(14(9-11)21-2)22-12-5-7-16(17,18)8-6-12/h3-4,9,12H,1,5-8H2,2H3,(H2,19,20). The van der Waals surface area contributed by atoms with Crippen LogP contribution >= 0.6 is 0 Å². The van der Waals surface area contributed by atoms with Crippen molar-refractivity contribution in [3.05, 3.63) is 30.3 Å². The molecule has 0 aromatic heterocycles. The Balaban J connectivity index is 2.11. The number of halogens is 2. The van der Waals surface area contributed by atoms with E-state index in [1.165, 1.54) is 7.11 Å². The molecule has 0 radical (unpaired) electrons. The van der Waals surface area contributed by atoms with E-state index in [0.717, 1.165) is 0 Å². The van der Waals surface area contributed by atoms with Crippen LogP contribution in [0.25, 0.3) is 5.57 Å². The molecule has 1 saturated carbocycles. The Morgan fingerprint density at radius 1 is 1.32 bits per heavy atom. The fourth-order valence-corrected chi connectivity index (χ4v) is 2.41. The lowest BCUT2D eigenvalue weighted by atomic mass is 9.94. The monoisotopic (exact) mass is 311 g/mol. The van der Waals surface area contributed by atoms with Crippen LogP contribution in [0.4, 0.5) is 8.78 Å². The summed E-state index contributed by atoms with van der Waals surface area (Å²) in [6.45, 7) is 3.61. The first-order valence-electron chi connectivity index (χ1n) is 7.04. The van der Waals surface area contributed by atoms with E-state index < -0.39 is 11.8 Å². The second-order valence-electron chi connectivity index (χ2n) is 5.38. The number of carbonyl (C=O) groups is 1. The zero-order valence-electron chi connectivity index (χ0n) is 12.4. The first-order valence-corrected chi connectivity index (χ1v) is 7.04. The third-order valence-corrected chi connectivity index (χ3v) is 3.77. The first-order chi connectivity index (χ1) is 10.3.